The minimum atomic E-state index is 0. The minimum absolute atomic E-state index is 0. The lowest BCUT2D eigenvalue weighted by molar-refractivity contribution is -0.903. The average molecular weight is 593 g/mol. The molecule has 0 N–H and O–H groups in total. The van der Waals surface area contributed by atoms with Gasteiger partial charge in [-0.2, -0.15) is 0 Å². The van der Waals surface area contributed by atoms with Gasteiger partial charge in [0.2, 0.25) is 0 Å². The number of ether oxygens (including phenoxy) is 3. The third-order valence-electron chi connectivity index (χ3n) is 6.66. The Kier molecular flexibility index (Phi) is 15.0. The van der Waals surface area contributed by atoms with Crippen molar-refractivity contribution < 1.29 is 35.7 Å². The Morgan fingerprint density at radius 2 is 1.21 bits per heavy atom. The maximum Gasteiger partial charge on any atom is 0.119 e. The highest BCUT2D eigenvalue weighted by molar-refractivity contribution is 5.32. The molecule has 0 atom stereocenters. The van der Waals surface area contributed by atoms with E-state index in [-0.39, 0.29) is 22.4 Å². The van der Waals surface area contributed by atoms with Gasteiger partial charge < -0.3 is 35.7 Å². The van der Waals surface area contributed by atoms with E-state index < -0.39 is 0 Å². The van der Waals surface area contributed by atoms with Gasteiger partial charge in [-0.05, 0) is 65.6 Å². The van der Waals surface area contributed by atoms with Gasteiger partial charge in [-0.1, -0.05) is 60.1 Å². The molecule has 5 heteroatoms. The zero-order valence-corrected chi connectivity index (χ0v) is 27.0. The molecule has 38 heavy (non-hydrogen) atoms. The van der Waals surface area contributed by atoms with Crippen LogP contribution in [0.2, 0.25) is 0 Å². The van der Waals surface area contributed by atoms with Gasteiger partial charge in [-0.15, -0.1) is 0 Å². The fourth-order valence-electron chi connectivity index (χ4n) is 5.08. The fourth-order valence-corrected chi connectivity index (χ4v) is 5.08. The van der Waals surface area contributed by atoms with Crippen molar-refractivity contribution in [3.05, 3.63) is 59.7 Å². The van der Waals surface area contributed by atoms with Crippen molar-refractivity contribution >= 4 is 0 Å². The molecule has 0 spiro atoms. The molecule has 0 aromatic heterocycles. The summed E-state index contributed by atoms with van der Waals surface area (Å²) in [5.74, 6) is 1.91. The van der Waals surface area contributed by atoms with Crippen LogP contribution >= 0.6 is 0 Å². The highest BCUT2D eigenvalue weighted by Gasteiger charge is 2.27. The first-order valence-corrected chi connectivity index (χ1v) is 14.3. The Morgan fingerprint density at radius 3 is 1.76 bits per heavy atom. The van der Waals surface area contributed by atoms with Gasteiger partial charge in [-0.3, -0.25) is 0 Å². The summed E-state index contributed by atoms with van der Waals surface area (Å²) in [5, 5.41) is 0. The van der Waals surface area contributed by atoms with Crippen molar-refractivity contribution in [2.45, 2.75) is 85.6 Å². The molecule has 0 saturated heterocycles. The third-order valence-corrected chi connectivity index (χ3v) is 6.66. The molecular formula is C33H54BrNO3. The van der Waals surface area contributed by atoms with Crippen LogP contribution in [-0.4, -0.2) is 51.6 Å². The number of benzene rings is 2. The SMILES string of the molecule is CCCCOc1ccc(C[N+](C)(C)CCCOCCCOc2ccc(C(C)(C)CC(C)(C)C)cc2)cc1.[Br-]. The molecule has 0 aliphatic heterocycles. The summed E-state index contributed by atoms with van der Waals surface area (Å²) in [4.78, 5) is 0. The van der Waals surface area contributed by atoms with Gasteiger partial charge in [0.1, 0.15) is 18.0 Å². The first-order valence-electron chi connectivity index (χ1n) is 14.3. The van der Waals surface area contributed by atoms with E-state index in [9.17, 15) is 0 Å². The van der Waals surface area contributed by atoms with Crippen molar-refractivity contribution in [3.63, 3.8) is 0 Å². The van der Waals surface area contributed by atoms with Crippen LogP contribution in [0.15, 0.2) is 48.5 Å². The number of hydrogen-bond donors (Lipinski definition) is 0. The number of halogens is 1. The van der Waals surface area contributed by atoms with Crippen molar-refractivity contribution in [1.29, 1.82) is 0 Å². The maximum atomic E-state index is 5.95. The molecule has 0 fully saturated rings. The summed E-state index contributed by atoms with van der Waals surface area (Å²) in [6, 6.07) is 17.2. The van der Waals surface area contributed by atoms with Crippen molar-refractivity contribution in [3.8, 4) is 11.5 Å². The Morgan fingerprint density at radius 1 is 0.684 bits per heavy atom. The minimum Gasteiger partial charge on any atom is -1.00 e. The Labute approximate surface area is 244 Å². The van der Waals surface area contributed by atoms with Crippen LogP contribution in [0.1, 0.15) is 84.8 Å². The van der Waals surface area contributed by atoms with Crippen LogP contribution in [0, 0.1) is 5.41 Å². The molecule has 0 unspecified atom stereocenters. The third kappa shape index (κ3) is 14.0. The van der Waals surface area contributed by atoms with Gasteiger partial charge in [-0.25, -0.2) is 0 Å². The largest absolute Gasteiger partial charge is 1.00 e. The molecule has 0 heterocycles. The van der Waals surface area contributed by atoms with E-state index in [1.54, 1.807) is 0 Å². The lowest BCUT2D eigenvalue weighted by Crippen LogP contribution is -3.00. The molecule has 0 aliphatic rings. The molecule has 0 aliphatic carbocycles. The predicted molar refractivity (Wildman–Crippen MR) is 157 cm³/mol. The van der Waals surface area contributed by atoms with Gasteiger partial charge in [0.05, 0.1) is 40.5 Å². The Hall–Kier alpha value is -1.56. The zero-order chi connectivity index (χ0) is 27.4. The molecule has 2 rings (SSSR count). The molecule has 0 bridgehead atoms. The van der Waals surface area contributed by atoms with Gasteiger partial charge >= 0.3 is 0 Å². The van der Waals surface area contributed by atoms with Crippen LogP contribution in [-0.2, 0) is 16.7 Å². The monoisotopic (exact) mass is 591 g/mol. The first-order chi connectivity index (χ1) is 17.4. The van der Waals surface area contributed by atoms with E-state index in [2.05, 4.69) is 104 Å². The van der Waals surface area contributed by atoms with Crippen molar-refractivity contribution in [1.82, 2.24) is 0 Å². The molecule has 0 saturated carbocycles. The lowest BCUT2D eigenvalue weighted by atomic mass is 9.72. The highest BCUT2D eigenvalue weighted by atomic mass is 79.9. The normalized spacial score (nSPS) is 12.2. The Balaban J connectivity index is 0.00000722. The van der Waals surface area contributed by atoms with Crippen LogP contribution in [0.3, 0.4) is 0 Å². The summed E-state index contributed by atoms with van der Waals surface area (Å²) >= 11 is 0. The molecule has 216 valence electrons. The molecule has 2 aromatic carbocycles. The second-order valence-corrected chi connectivity index (χ2v) is 13.0. The molecule has 0 radical (unpaired) electrons. The zero-order valence-electron chi connectivity index (χ0n) is 25.4. The molecule has 4 nitrogen and oxygen atoms in total. The smallest absolute Gasteiger partial charge is 0.119 e. The molecular weight excluding hydrogens is 538 g/mol. The van der Waals surface area contributed by atoms with Crippen molar-refractivity contribution in [2.24, 2.45) is 5.41 Å². The summed E-state index contributed by atoms with van der Waals surface area (Å²) < 4.78 is 18.6. The predicted octanol–water partition coefficient (Wildman–Crippen LogP) is 5.04. The average Bonchev–Trinajstić information content (AvgIpc) is 2.80. The number of quaternary nitrogens is 1. The number of hydrogen-bond acceptors (Lipinski definition) is 3. The van der Waals surface area contributed by atoms with E-state index in [0.717, 1.165) is 81.0 Å². The summed E-state index contributed by atoms with van der Waals surface area (Å²) in [6.07, 6.45) is 5.37. The number of nitrogens with zero attached hydrogens (tertiary/aromatic N) is 1. The summed E-state index contributed by atoms with van der Waals surface area (Å²) in [6.45, 7) is 18.9. The van der Waals surface area contributed by atoms with E-state index in [4.69, 9.17) is 14.2 Å². The highest BCUT2D eigenvalue weighted by Crippen LogP contribution is 2.36. The van der Waals surface area contributed by atoms with Gasteiger partial charge in [0, 0.05) is 25.0 Å². The molecule has 2 aromatic rings. The fraction of sp³-hybridized carbons (Fsp3) is 0.636. The van der Waals surface area contributed by atoms with E-state index >= 15 is 0 Å². The summed E-state index contributed by atoms with van der Waals surface area (Å²) in [7, 11) is 4.57. The van der Waals surface area contributed by atoms with Crippen LogP contribution in [0.4, 0.5) is 0 Å². The van der Waals surface area contributed by atoms with Crippen LogP contribution in [0.5, 0.6) is 11.5 Å². The maximum absolute atomic E-state index is 5.95. The molecule has 0 amide bonds. The van der Waals surface area contributed by atoms with Crippen molar-refractivity contribution in [2.75, 3.05) is 47.1 Å². The van der Waals surface area contributed by atoms with E-state index in [1.165, 1.54) is 11.1 Å². The topological polar surface area (TPSA) is 27.7 Å². The quantitative estimate of drug-likeness (QED) is 0.191. The van der Waals surface area contributed by atoms with Gasteiger partial charge in [0.15, 0.2) is 0 Å². The number of rotatable bonds is 17. The standard InChI is InChI=1S/C33H54NO3.BrH/c1-9-10-24-36-30-17-13-28(14-18-30)26-34(7,8)21-11-22-35-23-12-25-37-31-19-15-29(16-20-31)33(5,6)27-32(2,3)4;/h13-20H,9-12,21-27H2,1-8H3;1H/q+1;/p-1. The van der Waals surface area contributed by atoms with Crippen LogP contribution < -0.4 is 26.5 Å². The van der Waals surface area contributed by atoms with E-state index in [1.807, 2.05) is 0 Å². The second kappa shape index (κ2) is 16.5. The van der Waals surface area contributed by atoms with Crippen LogP contribution in [0.25, 0.3) is 0 Å². The Bertz CT molecular complexity index is 886. The van der Waals surface area contributed by atoms with E-state index in [0.29, 0.717) is 12.0 Å². The summed E-state index contributed by atoms with van der Waals surface area (Å²) in [5.41, 5.74) is 3.18. The number of unbranched alkanes of at least 4 members (excludes halogenated alkanes) is 1. The van der Waals surface area contributed by atoms with Gasteiger partial charge in [0.25, 0.3) is 0 Å². The second-order valence-electron chi connectivity index (χ2n) is 13.0. The first kappa shape index (κ1) is 34.5. The lowest BCUT2D eigenvalue weighted by Gasteiger charge is -2.33.